The summed E-state index contributed by atoms with van der Waals surface area (Å²) < 4.78 is 5.39. The number of aliphatic carboxylic acids is 1. The maximum atomic E-state index is 12.5. The molecule has 0 aliphatic heterocycles. The molecular formula is C25H24ClNO4. The van der Waals surface area contributed by atoms with Crippen LogP contribution in [0.5, 0.6) is 0 Å². The van der Waals surface area contributed by atoms with E-state index < -0.39 is 18.0 Å². The molecule has 0 saturated heterocycles. The lowest BCUT2D eigenvalue weighted by molar-refractivity contribution is -0.148. The van der Waals surface area contributed by atoms with Gasteiger partial charge in [0.15, 0.2) is 0 Å². The number of carbonyl (C=O) groups is 2. The number of aryl methyl sites for hydroxylation is 1. The summed E-state index contributed by atoms with van der Waals surface area (Å²) in [6, 6.07) is 24.3. The van der Waals surface area contributed by atoms with Crippen molar-refractivity contribution in [2.75, 3.05) is 6.54 Å². The second-order valence-corrected chi connectivity index (χ2v) is 7.60. The van der Waals surface area contributed by atoms with Crippen LogP contribution in [0, 0.1) is 0 Å². The van der Waals surface area contributed by atoms with Gasteiger partial charge in [0.2, 0.25) is 0 Å². The second kappa shape index (κ2) is 11.3. The van der Waals surface area contributed by atoms with Gasteiger partial charge in [0, 0.05) is 5.02 Å². The number of benzene rings is 3. The molecule has 3 rings (SSSR count). The lowest BCUT2D eigenvalue weighted by Gasteiger charge is -2.17. The molecule has 3 aromatic carbocycles. The third kappa shape index (κ3) is 7.24. The van der Waals surface area contributed by atoms with E-state index in [0.29, 0.717) is 17.9 Å². The molecule has 0 unspecified atom stereocenters. The lowest BCUT2D eigenvalue weighted by Crippen LogP contribution is -2.41. The Hall–Kier alpha value is -3.15. The largest absolute Gasteiger partial charge is 0.480 e. The number of hydrogen-bond donors (Lipinski definition) is 2. The second-order valence-electron chi connectivity index (χ2n) is 7.17. The van der Waals surface area contributed by atoms with Crippen molar-refractivity contribution < 1.29 is 19.4 Å². The van der Waals surface area contributed by atoms with Crippen molar-refractivity contribution in [1.29, 1.82) is 0 Å². The normalized spacial score (nSPS) is 11.6. The minimum absolute atomic E-state index is 0.152. The molecule has 0 saturated carbocycles. The van der Waals surface area contributed by atoms with Crippen LogP contribution in [0.25, 0.3) is 11.1 Å². The molecule has 0 aliphatic carbocycles. The molecule has 0 aromatic heterocycles. The van der Waals surface area contributed by atoms with Crippen LogP contribution in [0.2, 0.25) is 5.02 Å². The molecule has 0 amide bonds. The summed E-state index contributed by atoms with van der Waals surface area (Å²) in [5.74, 6) is -1.48. The van der Waals surface area contributed by atoms with Gasteiger partial charge in [-0.15, -0.1) is 0 Å². The maximum absolute atomic E-state index is 12.5. The van der Waals surface area contributed by atoms with Gasteiger partial charge in [0.05, 0.1) is 6.54 Å². The average molecular weight is 438 g/mol. The Balaban J connectivity index is 1.59. The summed E-state index contributed by atoms with van der Waals surface area (Å²) in [5.41, 5.74) is 4.01. The van der Waals surface area contributed by atoms with Crippen molar-refractivity contribution in [2.24, 2.45) is 0 Å². The SMILES string of the molecule is O=C(O)CN[C@@H](CCc1ccc(-c2cccc(Cl)c2)cc1)C(=O)OCc1ccccc1. The van der Waals surface area contributed by atoms with Crippen molar-refractivity contribution in [3.8, 4) is 11.1 Å². The van der Waals surface area contributed by atoms with Gasteiger partial charge >= 0.3 is 11.9 Å². The van der Waals surface area contributed by atoms with E-state index in [1.54, 1.807) is 0 Å². The predicted molar refractivity (Wildman–Crippen MR) is 121 cm³/mol. The van der Waals surface area contributed by atoms with E-state index in [-0.39, 0.29) is 13.2 Å². The number of carboxylic acids is 1. The van der Waals surface area contributed by atoms with Gasteiger partial charge in [-0.2, -0.15) is 0 Å². The molecule has 160 valence electrons. The fourth-order valence-electron chi connectivity index (χ4n) is 3.19. The highest BCUT2D eigenvalue weighted by atomic mass is 35.5. The fraction of sp³-hybridized carbons (Fsp3) is 0.200. The molecule has 2 N–H and O–H groups in total. The molecule has 0 spiro atoms. The van der Waals surface area contributed by atoms with Crippen LogP contribution >= 0.6 is 11.6 Å². The average Bonchev–Trinajstić information content (AvgIpc) is 2.78. The standard InChI is InChI=1S/C25H24ClNO4/c26-22-8-4-7-21(15-22)20-12-9-18(10-13-20)11-14-23(27-16-24(28)29)25(30)31-17-19-5-2-1-3-6-19/h1-10,12-13,15,23,27H,11,14,16-17H2,(H,28,29)/t23-/m0/s1. The van der Waals surface area contributed by atoms with Crippen molar-refractivity contribution in [3.05, 3.63) is 95.0 Å². The predicted octanol–water partition coefficient (Wildman–Crippen LogP) is 4.73. The van der Waals surface area contributed by atoms with Crippen LogP contribution in [0.4, 0.5) is 0 Å². The maximum Gasteiger partial charge on any atom is 0.323 e. The molecule has 0 fully saturated rings. The number of ether oxygens (including phenoxy) is 1. The molecule has 0 aliphatic rings. The van der Waals surface area contributed by atoms with E-state index >= 15 is 0 Å². The van der Waals surface area contributed by atoms with E-state index in [1.807, 2.05) is 78.9 Å². The Morgan fingerprint density at radius 2 is 1.65 bits per heavy atom. The smallest absolute Gasteiger partial charge is 0.323 e. The van der Waals surface area contributed by atoms with Crippen LogP contribution < -0.4 is 5.32 Å². The van der Waals surface area contributed by atoms with Crippen molar-refractivity contribution in [2.45, 2.75) is 25.5 Å². The summed E-state index contributed by atoms with van der Waals surface area (Å²) in [5, 5.41) is 12.4. The number of nitrogens with one attached hydrogen (secondary N) is 1. The van der Waals surface area contributed by atoms with Gasteiger partial charge in [0.1, 0.15) is 12.6 Å². The first-order valence-electron chi connectivity index (χ1n) is 10.0. The molecule has 6 heteroatoms. The van der Waals surface area contributed by atoms with E-state index in [2.05, 4.69) is 5.32 Å². The van der Waals surface area contributed by atoms with Gasteiger partial charge in [-0.25, -0.2) is 0 Å². The number of rotatable bonds is 10. The van der Waals surface area contributed by atoms with Gasteiger partial charge < -0.3 is 9.84 Å². The minimum atomic E-state index is -1.02. The number of carbonyl (C=O) groups excluding carboxylic acids is 1. The molecular weight excluding hydrogens is 414 g/mol. The first-order chi connectivity index (χ1) is 15.0. The Morgan fingerprint density at radius 1 is 0.903 bits per heavy atom. The Morgan fingerprint density at radius 3 is 2.32 bits per heavy atom. The monoisotopic (exact) mass is 437 g/mol. The topological polar surface area (TPSA) is 75.6 Å². The fourth-order valence-corrected chi connectivity index (χ4v) is 3.38. The quantitative estimate of drug-likeness (QED) is 0.448. The van der Waals surface area contributed by atoms with Crippen LogP contribution in [-0.2, 0) is 27.4 Å². The molecule has 0 heterocycles. The molecule has 0 bridgehead atoms. The minimum Gasteiger partial charge on any atom is -0.480 e. The lowest BCUT2D eigenvalue weighted by atomic mass is 10.0. The van der Waals surface area contributed by atoms with Gasteiger partial charge in [-0.1, -0.05) is 78.3 Å². The highest BCUT2D eigenvalue weighted by molar-refractivity contribution is 6.30. The van der Waals surface area contributed by atoms with Crippen LogP contribution in [0.3, 0.4) is 0 Å². The summed E-state index contributed by atoms with van der Waals surface area (Å²) >= 11 is 6.06. The van der Waals surface area contributed by atoms with E-state index in [9.17, 15) is 9.59 Å². The third-order valence-corrected chi connectivity index (χ3v) is 5.08. The van der Waals surface area contributed by atoms with Gasteiger partial charge in [-0.05, 0) is 47.2 Å². The summed E-state index contributed by atoms with van der Waals surface area (Å²) in [4.78, 5) is 23.5. The van der Waals surface area contributed by atoms with Crippen LogP contribution in [0.15, 0.2) is 78.9 Å². The van der Waals surface area contributed by atoms with Crippen LogP contribution in [-0.4, -0.2) is 29.6 Å². The zero-order valence-electron chi connectivity index (χ0n) is 17.0. The zero-order chi connectivity index (χ0) is 22.1. The molecule has 31 heavy (non-hydrogen) atoms. The number of carboxylic acid groups (broad SMARTS) is 1. The molecule has 1 atom stereocenters. The molecule has 5 nitrogen and oxygen atoms in total. The molecule has 3 aromatic rings. The van der Waals surface area contributed by atoms with E-state index in [0.717, 1.165) is 22.3 Å². The zero-order valence-corrected chi connectivity index (χ0v) is 17.7. The van der Waals surface area contributed by atoms with Crippen LogP contribution in [0.1, 0.15) is 17.5 Å². The highest BCUT2D eigenvalue weighted by Crippen LogP contribution is 2.23. The molecule has 0 radical (unpaired) electrons. The van der Waals surface area contributed by atoms with Gasteiger partial charge in [0.25, 0.3) is 0 Å². The number of hydrogen-bond acceptors (Lipinski definition) is 4. The number of halogens is 1. The van der Waals surface area contributed by atoms with E-state index in [1.165, 1.54) is 0 Å². The Bertz CT molecular complexity index is 1010. The first-order valence-corrected chi connectivity index (χ1v) is 10.4. The van der Waals surface area contributed by atoms with Crippen molar-refractivity contribution in [3.63, 3.8) is 0 Å². The van der Waals surface area contributed by atoms with Crippen molar-refractivity contribution in [1.82, 2.24) is 5.32 Å². The summed E-state index contributed by atoms with van der Waals surface area (Å²) in [6.45, 7) is -0.155. The Labute approximate surface area is 186 Å². The highest BCUT2D eigenvalue weighted by Gasteiger charge is 2.20. The van der Waals surface area contributed by atoms with Gasteiger partial charge in [-0.3, -0.25) is 14.9 Å². The summed E-state index contributed by atoms with van der Waals surface area (Å²) in [7, 11) is 0. The van der Waals surface area contributed by atoms with Crippen molar-refractivity contribution >= 4 is 23.5 Å². The third-order valence-electron chi connectivity index (χ3n) is 4.84. The summed E-state index contributed by atoms with van der Waals surface area (Å²) in [6.07, 6.45) is 1.03. The van der Waals surface area contributed by atoms with E-state index in [4.69, 9.17) is 21.4 Å². The Kier molecular flexibility index (Phi) is 8.21. The first kappa shape index (κ1) is 22.5. The number of esters is 1.